The maximum Gasteiger partial charge on any atom is 0.249 e. The first kappa shape index (κ1) is 15.7. The van der Waals surface area contributed by atoms with Gasteiger partial charge in [-0.3, -0.25) is 0 Å². The van der Waals surface area contributed by atoms with Crippen LogP contribution in [0.25, 0.3) is 0 Å². The van der Waals surface area contributed by atoms with Crippen LogP contribution in [-0.2, 0) is 10.0 Å². The van der Waals surface area contributed by atoms with Gasteiger partial charge in [-0.05, 0) is 38.1 Å². The third-order valence-electron chi connectivity index (χ3n) is 4.11. The lowest BCUT2D eigenvalue weighted by Crippen LogP contribution is -2.35. The van der Waals surface area contributed by atoms with Gasteiger partial charge in [-0.2, -0.15) is 4.31 Å². The van der Waals surface area contributed by atoms with Crippen LogP contribution in [0.5, 0.6) is 0 Å². The zero-order valence-corrected chi connectivity index (χ0v) is 14.4. The van der Waals surface area contributed by atoms with Crippen LogP contribution in [0.15, 0.2) is 26.9 Å². The van der Waals surface area contributed by atoms with Gasteiger partial charge in [-0.1, -0.05) is 24.1 Å². The van der Waals surface area contributed by atoms with E-state index in [4.69, 9.17) is 4.52 Å². The maximum atomic E-state index is 13.2. The van der Waals surface area contributed by atoms with Crippen molar-refractivity contribution < 1.29 is 12.9 Å². The molecular weight excluding hydrogens is 320 g/mol. The lowest BCUT2D eigenvalue weighted by Gasteiger charge is -2.28. The van der Waals surface area contributed by atoms with Crippen LogP contribution in [-0.4, -0.2) is 24.4 Å². The van der Waals surface area contributed by atoms with Crippen molar-refractivity contribution >= 4 is 21.4 Å². The summed E-state index contributed by atoms with van der Waals surface area (Å²) in [5.41, 5.74) is 0.437. The molecule has 0 amide bonds. The van der Waals surface area contributed by atoms with Crippen molar-refractivity contribution in [2.24, 2.45) is 0 Å². The van der Waals surface area contributed by atoms with Gasteiger partial charge in [0.15, 0.2) is 5.76 Å². The summed E-state index contributed by atoms with van der Waals surface area (Å²) in [5.74, 6) is 0.367. The molecule has 1 fully saturated rings. The highest BCUT2D eigenvalue weighted by Crippen LogP contribution is 2.37. The van der Waals surface area contributed by atoms with Crippen molar-refractivity contribution in [3.8, 4) is 0 Å². The Morgan fingerprint density at radius 1 is 1.32 bits per heavy atom. The van der Waals surface area contributed by atoms with E-state index in [1.54, 1.807) is 29.5 Å². The second-order valence-corrected chi connectivity index (χ2v) is 8.46. The Morgan fingerprint density at radius 3 is 2.77 bits per heavy atom. The van der Waals surface area contributed by atoms with Crippen LogP contribution in [0.3, 0.4) is 0 Å². The second kappa shape index (κ2) is 6.14. The molecule has 0 aromatic carbocycles. The second-order valence-electron chi connectivity index (χ2n) is 5.65. The van der Waals surface area contributed by atoms with E-state index in [0.717, 1.165) is 30.6 Å². The number of thiophene rings is 1. The molecule has 0 bridgehead atoms. The van der Waals surface area contributed by atoms with Gasteiger partial charge in [0.05, 0.1) is 6.04 Å². The topological polar surface area (TPSA) is 63.4 Å². The minimum Gasteiger partial charge on any atom is -0.360 e. The first-order chi connectivity index (χ1) is 10.5. The average Bonchev–Trinajstić information content (AvgIpc) is 3.03. The van der Waals surface area contributed by atoms with Gasteiger partial charge in [0, 0.05) is 11.4 Å². The number of aryl methyl sites for hydroxylation is 2. The average molecular weight is 340 g/mol. The molecule has 1 atom stereocenters. The van der Waals surface area contributed by atoms with Gasteiger partial charge >= 0.3 is 0 Å². The molecule has 3 heterocycles. The fourth-order valence-corrected chi connectivity index (χ4v) is 6.00. The summed E-state index contributed by atoms with van der Waals surface area (Å²) in [4.78, 5) is 1.34. The molecule has 0 N–H and O–H groups in total. The molecule has 2 aromatic rings. The van der Waals surface area contributed by atoms with Crippen LogP contribution in [0.4, 0.5) is 0 Å². The van der Waals surface area contributed by atoms with E-state index >= 15 is 0 Å². The van der Waals surface area contributed by atoms with E-state index in [1.165, 1.54) is 0 Å². The molecule has 1 aliphatic heterocycles. The predicted octanol–water partition coefficient (Wildman–Crippen LogP) is 3.66. The highest BCUT2D eigenvalue weighted by molar-refractivity contribution is 7.89. The molecule has 0 unspecified atom stereocenters. The van der Waals surface area contributed by atoms with Gasteiger partial charge in [0.25, 0.3) is 0 Å². The summed E-state index contributed by atoms with van der Waals surface area (Å²) in [6.45, 7) is 3.89. The maximum absolute atomic E-state index is 13.2. The Hall–Kier alpha value is -1.18. The Labute approximate surface area is 135 Å². The first-order valence-corrected chi connectivity index (χ1v) is 9.82. The molecule has 0 aliphatic carbocycles. The molecular formula is C15H20N2O3S2. The summed E-state index contributed by atoms with van der Waals surface area (Å²) < 4.78 is 33.1. The van der Waals surface area contributed by atoms with Gasteiger partial charge in [-0.25, -0.2) is 8.42 Å². The van der Waals surface area contributed by atoms with Crippen molar-refractivity contribution in [1.82, 2.24) is 9.46 Å². The van der Waals surface area contributed by atoms with E-state index in [9.17, 15) is 8.42 Å². The lowest BCUT2D eigenvalue weighted by molar-refractivity contribution is 0.331. The van der Waals surface area contributed by atoms with Crippen molar-refractivity contribution in [2.45, 2.75) is 50.5 Å². The van der Waals surface area contributed by atoms with Crippen LogP contribution in [0.2, 0.25) is 0 Å². The summed E-state index contributed by atoms with van der Waals surface area (Å²) in [6, 6.07) is 3.92. The largest absolute Gasteiger partial charge is 0.360 e. The molecule has 0 saturated carbocycles. The van der Waals surface area contributed by atoms with Gasteiger partial charge < -0.3 is 4.52 Å². The van der Waals surface area contributed by atoms with Crippen molar-refractivity contribution in [3.05, 3.63) is 33.8 Å². The van der Waals surface area contributed by atoms with E-state index < -0.39 is 10.0 Å². The Bertz CT molecular complexity index is 715. The van der Waals surface area contributed by atoms with Crippen molar-refractivity contribution in [3.63, 3.8) is 0 Å². The third-order valence-corrected chi connectivity index (χ3v) is 7.24. The van der Waals surface area contributed by atoms with E-state index in [0.29, 0.717) is 18.0 Å². The molecule has 0 spiro atoms. The molecule has 120 valence electrons. The number of hydrogen-bond acceptors (Lipinski definition) is 5. The summed E-state index contributed by atoms with van der Waals surface area (Å²) in [6.07, 6.45) is 3.87. The quantitative estimate of drug-likeness (QED) is 0.855. The van der Waals surface area contributed by atoms with E-state index in [1.807, 2.05) is 17.5 Å². The summed E-state index contributed by atoms with van der Waals surface area (Å²) in [5, 5.41) is 5.81. The Balaban J connectivity index is 2.06. The standard InChI is InChI=1S/C15H20N2O3S2/c1-11-15(12(2)20-16-11)22(18,19)17-9-5-3-4-7-13(17)14-8-6-10-21-14/h6,8,10,13H,3-5,7,9H2,1-2H3/t13-/m1/s1. The van der Waals surface area contributed by atoms with Gasteiger partial charge in [0.2, 0.25) is 10.0 Å². The number of aromatic nitrogens is 1. The fourth-order valence-electron chi connectivity index (χ4n) is 3.09. The van der Waals surface area contributed by atoms with Crippen LogP contribution in [0, 0.1) is 13.8 Å². The van der Waals surface area contributed by atoms with Gasteiger partial charge in [0.1, 0.15) is 10.6 Å². The zero-order chi connectivity index (χ0) is 15.7. The molecule has 22 heavy (non-hydrogen) atoms. The van der Waals surface area contributed by atoms with E-state index in [2.05, 4.69) is 5.16 Å². The molecule has 2 aromatic heterocycles. The van der Waals surface area contributed by atoms with Gasteiger partial charge in [-0.15, -0.1) is 11.3 Å². The number of rotatable bonds is 3. The highest BCUT2D eigenvalue weighted by Gasteiger charge is 2.37. The normalized spacial score (nSPS) is 20.9. The SMILES string of the molecule is Cc1noc(C)c1S(=O)(=O)N1CCCCC[C@@H]1c1cccs1. The smallest absolute Gasteiger partial charge is 0.249 e. The molecule has 0 radical (unpaired) electrons. The number of sulfonamides is 1. The summed E-state index contributed by atoms with van der Waals surface area (Å²) in [7, 11) is -3.59. The van der Waals surface area contributed by atoms with Crippen LogP contribution >= 0.6 is 11.3 Å². The molecule has 5 nitrogen and oxygen atoms in total. The fraction of sp³-hybridized carbons (Fsp3) is 0.533. The van der Waals surface area contributed by atoms with Crippen LogP contribution < -0.4 is 0 Å². The molecule has 7 heteroatoms. The Morgan fingerprint density at radius 2 is 2.14 bits per heavy atom. The predicted molar refractivity (Wildman–Crippen MR) is 85.4 cm³/mol. The monoisotopic (exact) mass is 340 g/mol. The third kappa shape index (κ3) is 2.73. The number of nitrogens with zero attached hydrogens (tertiary/aromatic N) is 2. The highest BCUT2D eigenvalue weighted by atomic mass is 32.2. The number of hydrogen-bond donors (Lipinski definition) is 0. The molecule has 3 rings (SSSR count). The minimum atomic E-state index is -3.59. The van der Waals surface area contributed by atoms with Crippen molar-refractivity contribution in [1.29, 1.82) is 0 Å². The molecule has 1 aliphatic rings. The van der Waals surface area contributed by atoms with Crippen LogP contribution in [0.1, 0.15) is 48.1 Å². The lowest BCUT2D eigenvalue weighted by atomic mass is 10.1. The first-order valence-electron chi connectivity index (χ1n) is 7.50. The Kier molecular flexibility index (Phi) is 4.38. The zero-order valence-electron chi connectivity index (χ0n) is 12.8. The molecule has 1 saturated heterocycles. The minimum absolute atomic E-state index is 0.0822. The summed E-state index contributed by atoms with van der Waals surface area (Å²) >= 11 is 1.62. The van der Waals surface area contributed by atoms with E-state index in [-0.39, 0.29) is 10.9 Å². The van der Waals surface area contributed by atoms with Crippen molar-refractivity contribution in [2.75, 3.05) is 6.54 Å².